The third-order valence-corrected chi connectivity index (χ3v) is 3.81. The molecule has 0 spiro atoms. The Labute approximate surface area is 101 Å². The third-order valence-electron chi connectivity index (χ3n) is 2.43. The second kappa shape index (κ2) is 5.59. The quantitative estimate of drug-likeness (QED) is 0.785. The van der Waals surface area contributed by atoms with Crippen LogP contribution in [-0.4, -0.2) is 14.8 Å². The zero-order valence-electron chi connectivity index (χ0n) is 9.92. The van der Waals surface area contributed by atoms with Crippen molar-refractivity contribution in [3.8, 4) is 0 Å². The third kappa shape index (κ3) is 3.90. The molecule has 1 atom stereocenters. The van der Waals surface area contributed by atoms with Gasteiger partial charge in [0.05, 0.1) is 0 Å². The summed E-state index contributed by atoms with van der Waals surface area (Å²) in [4.78, 5) is 9.34. The van der Waals surface area contributed by atoms with E-state index in [0.29, 0.717) is 10.7 Å². The molecule has 3 heteroatoms. The summed E-state index contributed by atoms with van der Waals surface area (Å²) in [5, 5.41) is 0. The number of hydrogen-bond donors (Lipinski definition) is 0. The second-order valence-electron chi connectivity index (χ2n) is 4.22. The monoisotopic (exact) mass is 270 g/mol. The van der Waals surface area contributed by atoms with Crippen LogP contribution in [0.15, 0.2) is 6.07 Å². The van der Waals surface area contributed by atoms with Crippen molar-refractivity contribution < 1.29 is 0 Å². The molecule has 0 radical (unpaired) electrons. The van der Waals surface area contributed by atoms with Gasteiger partial charge >= 0.3 is 0 Å². The van der Waals surface area contributed by atoms with Crippen molar-refractivity contribution in [3.05, 3.63) is 23.3 Å². The zero-order valence-corrected chi connectivity index (χ0v) is 11.5. The van der Waals surface area contributed by atoms with Crippen LogP contribution in [0.4, 0.5) is 0 Å². The van der Waals surface area contributed by atoms with Gasteiger partial charge in [-0.25, -0.2) is 9.97 Å². The molecule has 1 unspecified atom stereocenters. The van der Waals surface area contributed by atoms with Gasteiger partial charge in [0.15, 0.2) is 0 Å². The minimum absolute atomic E-state index is 0.497. The largest absolute Gasteiger partial charge is 0.238 e. The van der Waals surface area contributed by atoms with Gasteiger partial charge in [-0.2, -0.15) is 0 Å². The van der Waals surface area contributed by atoms with Crippen LogP contribution in [0, 0.1) is 12.8 Å². The first-order valence-corrected chi connectivity index (χ1v) is 6.42. The number of aryl methyl sites for hydroxylation is 2. The second-order valence-corrected chi connectivity index (χ2v) is 5.39. The topological polar surface area (TPSA) is 25.8 Å². The number of alkyl halides is 1. The lowest BCUT2D eigenvalue weighted by Gasteiger charge is -2.13. The average molecular weight is 271 g/mol. The Bertz CT molecular complexity index is 323. The van der Waals surface area contributed by atoms with E-state index in [1.54, 1.807) is 0 Å². The fourth-order valence-corrected chi connectivity index (χ4v) is 1.75. The van der Waals surface area contributed by atoms with Crippen LogP contribution < -0.4 is 0 Å². The van der Waals surface area contributed by atoms with E-state index < -0.39 is 0 Å². The smallest absolute Gasteiger partial charge is 0.125 e. The lowest BCUT2D eigenvalue weighted by Crippen LogP contribution is -2.12. The van der Waals surface area contributed by atoms with Crippen molar-refractivity contribution in [1.82, 2.24) is 9.97 Å². The summed E-state index contributed by atoms with van der Waals surface area (Å²) in [5.74, 6) is 1.51. The summed E-state index contributed by atoms with van der Waals surface area (Å²) in [5.41, 5.74) is 2.29. The van der Waals surface area contributed by atoms with Gasteiger partial charge in [0.2, 0.25) is 0 Å². The van der Waals surface area contributed by atoms with E-state index in [4.69, 9.17) is 0 Å². The Morgan fingerprint density at radius 1 is 1.27 bits per heavy atom. The molecule has 0 saturated heterocycles. The summed E-state index contributed by atoms with van der Waals surface area (Å²) in [7, 11) is 0. The molecule has 0 aliphatic heterocycles. The van der Waals surface area contributed by atoms with Crippen molar-refractivity contribution in [2.75, 3.05) is 0 Å². The van der Waals surface area contributed by atoms with Crippen LogP contribution in [0.1, 0.15) is 38.0 Å². The van der Waals surface area contributed by atoms with Gasteiger partial charge < -0.3 is 0 Å². The van der Waals surface area contributed by atoms with Gasteiger partial charge in [-0.3, -0.25) is 0 Å². The molecule has 0 aromatic carbocycles. The number of rotatable bonds is 4. The van der Waals surface area contributed by atoms with E-state index in [-0.39, 0.29) is 0 Å². The molecule has 15 heavy (non-hydrogen) atoms. The summed E-state index contributed by atoms with van der Waals surface area (Å²) in [6, 6.07) is 2.11. The molecule has 0 N–H and O–H groups in total. The molecule has 0 aliphatic rings. The van der Waals surface area contributed by atoms with E-state index in [9.17, 15) is 0 Å². The molecule has 84 valence electrons. The van der Waals surface area contributed by atoms with Gasteiger partial charge in [0.25, 0.3) is 0 Å². The molecule has 1 rings (SSSR count). The highest BCUT2D eigenvalue weighted by Gasteiger charge is 2.11. The molecule has 1 heterocycles. The van der Waals surface area contributed by atoms with Crippen molar-refractivity contribution in [3.63, 3.8) is 0 Å². The lowest BCUT2D eigenvalue weighted by atomic mass is 10.1. The molecular weight excluding hydrogens is 252 g/mol. The standard InChI is InChI=1S/C12H19BrN2/c1-5-10-6-11(15-9(4)14-10)7-12(13)8(2)3/h6,8,12H,5,7H2,1-4H3. The average Bonchev–Trinajstić information content (AvgIpc) is 2.16. The van der Waals surface area contributed by atoms with Crippen LogP contribution in [0.25, 0.3) is 0 Å². The number of hydrogen-bond acceptors (Lipinski definition) is 2. The van der Waals surface area contributed by atoms with E-state index >= 15 is 0 Å². The predicted octanol–water partition coefficient (Wildman–Crippen LogP) is 3.31. The Kier molecular flexibility index (Phi) is 4.71. The highest BCUT2D eigenvalue weighted by atomic mass is 79.9. The predicted molar refractivity (Wildman–Crippen MR) is 67.4 cm³/mol. The first-order valence-electron chi connectivity index (χ1n) is 5.50. The van der Waals surface area contributed by atoms with Gasteiger partial charge in [-0.05, 0) is 25.3 Å². The Morgan fingerprint density at radius 3 is 2.40 bits per heavy atom. The van der Waals surface area contributed by atoms with Gasteiger partial charge in [-0.15, -0.1) is 0 Å². The number of aromatic nitrogens is 2. The Morgan fingerprint density at radius 2 is 1.87 bits per heavy atom. The summed E-state index contributed by atoms with van der Waals surface area (Å²) in [6.07, 6.45) is 1.96. The van der Waals surface area contributed by atoms with Gasteiger partial charge in [0, 0.05) is 22.6 Å². The van der Waals surface area contributed by atoms with E-state index in [1.165, 1.54) is 0 Å². The fourth-order valence-electron chi connectivity index (χ4n) is 1.42. The SMILES string of the molecule is CCc1cc(CC(Br)C(C)C)nc(C)n1. The summed E-state index contributed by atoms with van der Waals surface area (Å²) < 4.78 is 0. The van der Waals surface area contributed by atoms with Gasteiger partial charge in [0.1, 0.15) is 5.82 Å². The molecule has 0 bridgehead atoms. The van der Waals surface area contributed by atoms with Crippen molar-refractivity contribution in [1.29, 1.82) is 0 Å². The molecule has 0 aliphatic carbocycles. The summed E-state index contributed by atoms with van der Waals surface area (Å²) in [6.45, 7) is 8.52. The minimum atomic E-state index is 0.497. The lowest BCUT2D eigenvalue weighted by molar-refractivity contribution is 0.605. The summed E-state index contributed by atoms with van der Waals surface area (Å²) >= 11 is 3.69. The minimum Gasteiger partial charge on any atom is -0.238 e. The molecule has 0 amide bonds. The van der Waals surface area contributed by atoms with Crippen LogP contribution in [-0.2, 0) is 12.8 Å². The van der Waals surface area contributed by atoms with E-state index in [1.807, 2.05) is 6.92 Å². The van der Waals surface area contributed by atoms with Crippen LogP contribution in [0.3, 0.4) is 0 Å². The van der Waals surface area contributed by atoms with E-state index in [2.05, 4.69) is 52.7 Å². The molecular formula is C12H19BrN2. The number of nitrogens with zero attached hydrogens (tertiary/aromatic N) is 2. The molecule has 1 aromatic rings. The van der Waals surface area contributed by atoms with Crippen LogP contribution in [0.2, 0.25) is 0 Å². The maximum Gasteiger partial charge on any atom is 0.125 e. The van der Waals surface area contributed by atoms with Crippen LogP contribution >= 0.6 is 15.9 Å². The van der Waals surface area contributed by atoms with E-state index in [0.717, 1.165) is 30.1 Å². The Hall–Kier alpha value is -0.440. The first kappa shape index (κ1) is 12.6. The molecule has 1 aromatic heterocycles. The zero-order chi connectivity index (χ0) is 11.4. The Balaban J connectivity index is 2.80. The van der Waals surface area contributed by atoms with Crippen molar-refractivity contribution in [2.24, 2.45) is 5.92 Å². The molecule has 0 fully saturated rings. The van der Waals surface area contributed by atoms with Gasteiger partial charge in [-0.1, -0.05) is 36.7 Å². The maximum atomic E-state index is 4.46. The highest BCUT2D eigenvalue weighted by Crippen LogP contribution is 2.17. The molecule has 2 nitrogen and oxygen atoms in total. The normalized spacial score (nSPS) is 13.2. The maximum absolute atomic E-state index is 4.46. The number of halogens is 1. The molecule has 0 saturated carbocycles. The first-order chi connectivity index (χ1) is 7.02. The van der Waals surface area contributed by atoms with Crippen molar-refractivity contribution in [2.45, 2.75) is 45.4 Å². The highest BCUT2D eigenvalue weighted by molar-refractivity contribution is 9.09. The van der Waals surface area contributed by atoms with Crippen LogP contribution in [0.5, 0.6) is 0 Å². The fraction of sp³-hybridized carbons (Fsp3) is 0.667. The van der Waals surface area contributed by atoms with Crippen molar-refractivity contribution >= 4 is 15.9 Å².